The van der Waals surface area contributed by atoms with Gasteiger partial charge >= 0.3 is 5.97 Å². The summed E-state index contributed by atoms with van der Waals surface area (Å²) in [6.45, 7) is 3.43. The Kier molecular flexibility index (Phi) is 5.56. The molecule has 1 aliphatic heterocycles. The maximum absolute atomic E-state index is 11.1. The summed E-state index contributed by atoms with van der Waals surface area (Å²) in [5.74, 6) is 0.144. The fourth-order valence-electron chi connectivity index (χ4n) is 2.82. The number of likely N-dealkylation sites (N-methyl/N-ethyl adjacent to an activating group) is 1. The van der Waals surface area contributed by atoms with E-state index >= 15 is 0 Å². The normalized spacial score (nSPS) is 17.1. The van der Waals surface area contributed by atoms with Crippen LogP contribution in [0.15, 0.2) is 18.6 Å². The van der Waals surface area contributed by atoms with Crippen LogP contribution in [0.25, 0.3) is 0 Å². The van der Waals surface area contributed by atoms with Crippen molar-refractivity contribution in [3.63, 3.8) is 0 Å². The van der Waals surface area contributed by atoms with E-state index < -0.39 is 5.97 Å². The second-order valence-corrected chi connectivity index (χ2v) is 6.13. The molecule has 1 fully saturated rings. The molecule has 0 aromatic carbocycles. The Bertz CT molecular complexity index is 713. The third-order valence-corrected chi connectivity index (χ3v) is 4.21. The highest BCUT2D eigenvalue weighted by molar-refractivity contribution is 5.86. The average Bonchev–Trinajstić information content (AvgIpc) is 3.26. The molecule has 1 atom stereocenters. The van der Waals surface area contributed by atoms with Gasteiger partial charge in [-0.3, -0.25) is 5.10 Å². The molecule has 0 bridgehead atoms. The van der Waals surface area contributed by atoms with Crippen LogP contribution in [0.3, 0.4) is 0 Å². The van der Waals surface area contributed by atoms with Gasteiger partial charge < -0.3 is 20.1 Å². The first-order valence-electron chi connectivity index (χ1n) is 8.21. The standard InChI is InChI=1S/C16H22N6O3/c1-22(8-12-7-20-21-15(12)16(23)24)4-3-17-14-6-13(18-10-19-14)11-2-5-25-9-11/h6-7,10-11H,2-5,8-9H2,1H3,(H,20,21)(H,23,24)(H,17,18,19). The smallest absolute Gasteiger partial charge is 0.354 e. The number of aromatic nitrogens is 4. The number of anilines is 1. The molecule has 0 spiro atoms. The van der Waals surface area contributed by atoms with E-state index in [2.05, 4.69) is 25.5 Å². The minimum Gasteiger partial charge on any atom is -0.477 e. The SMILES string of the molecule is CN(CCNc1cc(C2CCOC2)ncn1)Cc1cn[nH]c1C(=O)O. The highest BCUT2D eigenvalue weighted by atomic mass is 16.5. The van der Waals surface area contributed by atoms with Crippen LogP contribution in [0.5, 0.6) is 0 Å². The zero-order valence-corrected chi connectivity index (χ0v) is 14.1. The van der Waals surface area contributed by atoms with Gasteiger partial charge in [0.1, 0.15) is 17.8 Å². The number of carboxylic acids is 1. The highest BCUT2D eigenvalue weighted by Gasteiger charge is 2.19. The topological polar surface area (TPSA) is 116 Å². The van der Waals surface area contributed by atoms with Crippen LogP contribution in [-0.4, -0.2) is 69.5 Å². The lowest BCUT2D eigenvalue weighted by molar-refractivity contribution is 0.0688. The molecule has 3 rings (SSSR count). The van der Waals surface area contributed by atoms with E-state index in [4.69, 9.17) is 9.84 Å². The van der Waals surface area contributed by atoms with Crippen LogP contribution in [0, 0.1) is 0 Å². The number of hydrogen-bond acceptors (Lipinski definition) is 7. The fourth-order valence-corrected chi connectivity index (χ4v) is 2.82. The zero-order valence-electron chi connectivity index (χ0n) is 14.1. The number of carbonyl (C=O) groups is 1. The third kappa shape index (κ3) is 4.52. The van der Waals surface area contributed by atoms with Crippen LogP contribution in [0.2, 0.25) is 0 Å². The molecular formula is C16H22N6O3. The summed E-state index contributed by atoms with van der Waals surface area (Å²) in [6, 6.07) is 1.97. The van der Waals surface area contributed by atoms with Gasteiger partial charge in [-0.05, 0) is 13.5 Å². The van der Waals surface area contributed by atoms with E-state index in [-0.39, 0.29) is 5.69 Å². The molecule has 0 amide bonds. The maximum Gasteiger partial charge on any atom is 0.354 e. The van der Waals surface area contributed by atoms with Crippen molar-refractivity contribution in [1.82, 2.24) is 25.1 Å². The second kappa shape index (κ2) is 8.04. The lowest BCUT2D eigenvalue weighted by Gasteiger charge is -2.17. The van der Waals surface area contributed by atoms with Crippen LogP contribution < -0.4 is 5.32 Å². The van der Waals surface area contributed by atoms with Gasteiger partial charge in [-0.1, -0.05) is 0 Å². The minimum absolute atomic E-state index is 0.138. The highest BCUT2D eigenvalue weighted by Crippen LogP contribution is 2.24. The van der Waals surface area contributed by atoms with Gasteiger partial charge in [0.15, 0.2) is 0 Å². The largest absolute Gasteiger partial charge is 0.477 e. The molecule has 0 aliphatic carbocycles. The quantitative estimate of drug-likeness (QED) is 0.647. The number of hydrogen-bond donors (Lipinski definition) is 3. The van der Waals surface area contributed by atoms with E-state index in [0.717, 1.165) is 37.7 Å². The summed E-state index contributed by atoms with van der Waals surface area (Å²) in [7, 11) is 1.93. The molecule has 1 unspecified atom stereocenters. The van der Waals surface area contributed by atoms with E-state index in [9.17, 15) is 4.79 Å². The van der Waals surface area contributed by atoms with Crippen molar-refractivity contribution in [1.29, 1.82) is 0 Å². The average molecular weight is 346 g/mol. The van der Waals surface area contributed by atoms with Gasteiger partial charge in [-0.25, -0.2) is 14.8 Å². The van der Waals surface area contributed by atoms with E-state index in [1.807, 2.05) is 18.0 Å². The van der Waals surface area contributed by atoms with Crippen molar-refractivity contribution in [2.45, 2.75) is 18.9 Å². The molecule has 25 heavy (non-hydrogen) atoms. The van der Waals surface area contributed by atoms with Gasteiger partial charge in [-0.15, -0.1) is 0 Å². The number of nitrogens with one attached hydrogen (secondary N) is 2. The molecular weight excluding hydrogens is 324 g/mol. The van der Waals surface area contributed by atoms with Crippen molar-refractivity contribution in [3.05, 3.63) is 35.5 Å². The number of H-pyrrole nitrogens is 1. The number of ether oxygens (including phenoxy) is 1. The Labute approximate surface area is 145 Å². The number of aromatic carboxylic acids is 1. The molecule has 134 valence electrons. The summed E-state index contributed by atoms with van der Waals surface area (Å²) < 4.78 is 5.40. The first-order valence-corrected chi connectivity index (χ1v) is 8.21. The summed E-state index contributed by atoms with van der Waals surface area (Å²) in [6.07, 6.45) is 4.12. The molecule has 1 saturated heterocycles. The molecule has 3 N–H and O–H groups in total. The first kappa shape index (κ1) is 17.3. The predicted octanol–water partition coefficient (Wildman–Crippen LogP) is 0.946. The number of carboxylic acid groups (broad SMARTS) is 1. The van der Waals surface area contributed by atoms with Gasteiger partial charge in [0.25, 0.3) is 0 Å². The molecule has 2 aromatic rings. The Morgan fingerprint density at radius 3 is 3.16 bits per heavy atom. The maximum atomic E-state index is 11.1. The summed E-state index contributed by atoms with van der Waals surface area (Å²) >= 11 is 0. The summed E-state index contributed by atoms with van der Waals surface area (Å²) in [5.41, 5.74) is 1.81. The van der Waals surface area contributed by atoms with Crippen LogP contribution in [0.4, 0.5) is 5.82 Å². The lowest BCUT2D eigenvalue weighted by Crippen LogP contribution is -2.25. The van der Waals surface area contributed by atoms with Crippen LogP contribution in [-0.2, 0) is 11.3 Å². The first-order chi connectivity index (χ1) is 12.1. The van der Waals surface area contributed by atoms with E-state index in [1.54, 1.807) is 12.5 Å². The fraction of sp³-hybridized carbons (Fsp3) is 0.500. The molecule has 9 heteroatoms. The van der Waals surface area contributed by atoms with Gasteiger partial charge in [0.05, 0.1) is 18.5 Å². The van der Waals surface area contributed by atoms with Crippen LogP contribution in [0.1, 0.15) is 34.1 Å². The second-order valence-electron chi connectivity index (χ2n) is 6.13. The Balaban J connectivity index is 1.48. The summed E-state index contributed by atoms with van der Waals surface area (Å²) in [5, 5.41) is 18.7. The molecule has 2 aromatic heterocycles. The van der Waals surface area contributed by atoms with Crippen molar-refractivity contribution in [2.24, 2.45) is 0 Å². The Hall–Kier alpha value is -2.52. The van der Waals surface area contributed by atoms with Crippen molar-refractivity contribution in [3.8, 4) is 0 Å². The van der Waals surface area contributed by atoms with Gasteiger partial charge in [-0.2, -0.15) is 5.10 Å². The van der Waals surface area contributed by atoms with E-state index in [0.29, 0.717) is 24.6 Å². The Morgan fingerprint density at radius 2 is 2.40 bits per heavy atom. The lowest BCUT2D eigenvalue weighted by atomic mass is 10.1. The molecule has 1 aliphatic rings. The monoisotopic (exact) mass is 346 g/mol. The zero-order chi connectivity index (χ0) is 17.6. The van der Waals surface area contributed by atoms with Crippen molar-refractivity contribution in [2.75, 3.05) is 38.7 Å². The number of rotatable bonds is 8. The summed E-state index contributed by atoms with van der Waals surface area (Å²) in [4.78, 5) is 21.7. The minimum atomic E-state index is -0.997. The third-order valence-electron chi connectivity index (χ3n) is 4.21. The number of nitrogens with zero attached hydrogens (tertiary/aromatic N) is 4. The molecule has 3 heterocycles. The molecule has 9 nitrogen and oxygen atoms in total. The van der Waals surface area contributed by atoms with Gasteiger partial charge in [0, 0.05) is 43.8 Å². The predicted molar refractivity (Wildman–Crippen MR) is 90.6 cm³/mol. The molecule has 0 saturated carbocycles. The van der Waals surface area contributed by atoms with Crippen molar-refractivity contribution >= 4 is 11.8 Å². The van der Waals surface area contributed by atoms with Gasteiger partial charge in [0.2, 0.25) is 0 Å². The van der Waals surface area contributed by atoms with E-state index in [1.165, 1.54) is 0 Å². The Morgan fingerprint density at radius 1 is 1.52 bits per heavy atom. The molecule has 0 radical (unpaired) electrons. The number of aromatic amines is 1. The van der Waals surface area contributed by atoms with Crippen molar-refractivity contribution < 1.29 is 14.6 Å². The van der Waals surface area contributed by atoms with Crippen LogP contribution >= 0.6 is 0 Å².